The molecule has 5 rings (SSSR count). The smallest absolute Gasteiger partial charge is 0.408 e. The van der Waals surface area contributed by atoms with Crippen LogP contribution in [-0.2, 0) is 46.5 Å². The highest BCUT2D eigenvalue weighted by atomic mass is 79.9. The van der Waals surface area contributed by atoms with Crippen molar-refractivity contribution in [1.29, 1.82) is 0 Å². The number of cyclic esters (lactones) is 1. The lowest BCUT2D eigenvalue weighted by molar-refractivity contribution is -0.172. The molecule has 51 heavy (non-hydrogen) atoms. The van der Waals surface area contributed by atoms with Crippen LogP contribution in [0, 0.1) is 11.3 Å². The summed E-state index contributed by atoms with van der Waals surface area (Å²) < 4.78 is 18.6. The van der Waals surface area contributed by atoms with Crippen molar-refractivity contribution in [3.8, 4) is 11.4 Å². The molecule has 0 saturated heterocycles. The predicted molar refractivity (Wildman–Crippen MR) is 189 cm³/mol. The zero-order valence-corrected chi connectivity index (χ0v) is 31.2. The quantitative estimate of drug-likeness (QED) is 0.157. The molecule has 1 unspecified atom stereocenters. The summed E-state index contributed by atoms with van der Waals surface area (Å²) in [7, 11) is 0. The average molecular weight is 769 g/mol. The average Bonchev–Trinajstić information content (AvgIpc) is 3.39. The summed E-state index contributed by atoms with van der Waals surface area (Å²) in [4.78, 5) is 82.1. The maximum atomic E-state index is 13.6. The second kappa shape index (κ2) is 14.4. The van der Waals surface area contributed by atoms with Gasteiger partial charge in [-0.2, -0.15) is 0 Å². The van der Waals surface area contributed by atoms with Gasteiger partial charge in [0.1, 0.15) is 18.2 Å². The number of ether oxygens (including phenoxy) is 3. The van der Waals surface area contributed by atoms with Gasteiger partial charge < -0.3 is 34.7 Å². The normalized spacial score (nSPS) is 15.6. The number of hydrogen-bond acceptors (Lipinski definition) is 10. The van der Waals surface area contributed by atoms with Crippen molar-refractivity contribution in [2.24, 2.45) is 11.3 Å². The van der Waals surface area contributed by atoms with E-state index in [2.05, 4.69) is 31.9 Å². The number of benzene rings is 1. The Morgan fingerprint density at radius 1 is 1.08 bits per heavy atom. The highest BCUT2D eigenvalue weighted by Crippen LogP contribution is 2.37. The van der Waals surface area contributed by atoms with E-state index >= 15 is 0 Å². The molecule has 0 radical (unpaired) electrons. The van der Waals surface area contributed by atoms with Crippen LogP contribution in [0.25, 0.3) is 22.3 Å². The summed E-state index contributed by atoms with van der Waals surface area (Å²) in [5.74, 6) is -2.89. The van der Waals surface area contributed by atoms with Crippen LogP contribution in [0.5, 0.6) is 0 Å². The minimum Gasteiger partial charge on any atom is -0.458 e. The largest absolute Gasteiger partial charge is 0.458 e. The van der Waals surface area contributed by atoms with Crippen molar-refractivity contribution >= 4 is 56.7 Å². The Bertz CT molecular complexity index is 1980. The number of halogens is 1. The molecule has 0 aliphatic carbocycles. The van der Waals surface area contributed by atoms with E-state index in [4.69, 9.17) is 19.2 Å². The zero-order valence-electron chi connectivity index (χ0n) is 29.6. The van der Waals surface area contributed by atoms with E-state index in [0.29, 0.717) is 17.9 Å². The number of nitrogens with zero attached hydrogens (tertiary/aromatic N) is 2. The van der Waals surface area contributed by atoms with Gasteiger partial charge in [0.2, 0.25) is 17.9 Å². The van der Waals surface area contributed by atoms with E-state index in [1.807, 2.05) is 24.3 Å². The van der Waals surface area contributed by atoms with E-state index in [9.17, 15) is 28.8 Å². The highest BCUT2D eigenvalue weighted by Gasteiger charge is 2.38. The van der Waals surface area contributed by atoms with Crippen molar-refractivity contribution in [3.63, 3.8) is 0 Å². The first kappa shape index (κ1) is 37.5. The first-order chi connectivity index (χ1) is 23.8. The van der Waals surface area contributed by atoms with E-state index in [1.165, 1.54) is 0 Å². The fourth-order valence-electron chi connectivity index (χ4n) is 5.88. The van der Waals surface area contributed by atoms with E-state index in [1.54, 1.807) is 59.1 Å². The molecule has 1 aromatic carbocycles. The molecule has 0 saturated carbocycles. The predicted octanol–water partition coefficient (Wildman–Crippen LogP) is 4.03. The first-order valence-corrected chi connectivity index (χ1v) is 17.4. The Hall–Kier alpha value is -4.79. The Morgan fingerprint density at radius 3 is 2.49 bits per heavy atom. The number of alkyl carbamates (subject to hydrolysis) is 1. The van der Waals surface area contributed by atoms with Gasteiger partial charge in [0, 0.05) is 27.5 Å². The van der Waals surface area contributed by atoms with E-state index in [-0.39, 0.29) is 48.7 Å². The minimum absolute atomic E-state index is 0.0354. The SMILES string of the molecule is CC(C)C(NC(=O)OC(C)(C)C)C(=O)NCC(=O)NCC(C)(C)CC(=O)O[C@@H]1C(=O)OCc2c1cc1n(c2=O)Cc2cc3c(Br)cccc3nc2-1. The summed E-state index contributed by atoms with van der Waals surface area (Å²) in [6, 6.07) is 8.38. The van der Waals surface area contributed by atoms with Gasteiger partial charge in [-0.25, -0.2) is 14.6 Å². The van der Waals surface area contributed by atoms with Crippen LogP contribution in [0.15, 0.2) is 39.6 Å². The molecule has 14 nitrogen and oxygen atoms in total. The van der Waals surface area contributed by atoms with Crippen LogP contribution < -0.4 is 21.5 Å². The third kappa shape index (κ3) is 8.58. The van der Waals surface area contributed by atoms with E-state index in [0.717, 1.165) is 20.9 Å². The molecule has 15 heteroatoms. The van der Waals surface area contributed by atoms with Gasteiger partial charge in [-0.1, -0.05) is 49.7 Å². The summed E-state index contributed by atoms with van der Waals surface area (Å²) >= 11 is 3.56. The summed E-state index contributed by atoms with van der Waals surface area (Å²) in [6.45, 7) is 11.8. The van der Waals surface area contributed by atoms with Crippen LogP contribution in [0.3, 0.4) is 0 Å². The second-order valence-corrected chi connectivity index (χ2v) is 15.7. The first-order valence-electron chi connectivity index (χ1n) is 16.6. The standard InChI is InChI=1S/C36H42BrN5O9/c1-18(2)28(41-34(48)51-35(3,4)5)31(45)38-14-26(43)39-17-36(6,7)13-27(44)50-30-20-12-25-29-19(11-21-23(37)9-8-10-24(21)40-29)15-42(25)32(46)22(20)16-49-33(30)47/h8-12,18,28,30H,13-17H2,1-7H3,(H,38,45)(H,39,43)(H,41,48)/t28?,30-/m0/s1. The lowest BCUT2D eigenvalue weighted by atomic mass is 9.89. The van der Waals surface area contributed by atoms with Crippen LogP contribution in [0.1, 0.15) is 77.7 Å². The molecule has 0 spiro atoms. The van der Waals surface area contributed by atoms with Gasteiger partial charge in [0.25, 0.3) is 5.56 Å². The van der Waals surface area contributed by atoms with Crippen molar-refractivity contribution in [2.45, 2.75) is 85.8 Å². The molecule has 2 aliphatic rings. The van der Waals surface area contributed by atoms with E-state index < -0.39 is 53.0 Å². The number of carbonyl (C=O) groups excluding carboxylic acids is 5. The topological polar surface area (TPSA) is 184 Å². The third-order valence-electron chi connectivity index (χ3n) is 8.43. The molecular weight excluding hydrogens is 726 g/mol. The molecule has 3 aromatic rings. The van der Waals surface area contributed by atoms with Crippen LogP contribution >= 0.6 is 15.9 Å². The number of carbonyl (C=O) groups is 5. The number of fused-ring (bicyclic) bond motifs is 5. The number of esters is 2. The monoisotopic (exact) mass is 767 g/mol. The Labute approximate surface area is 303 Å². The summed E-state index contributed by atoms with van der Waals surface area (Å²) in [5, 5.41) is 8.65. The van der Waals surface area contributed by atoms with Crippen molar-refractivity contribution < 1.29 is 38.2 Å². The van der Waals surface area contributed by atoms with Gasteiger partial charge in [-0.3, -0.25) is 19.2 Å². The number of amides is 3. The zero-order chi connectivity index (χ0) is 37.4. The number of aromatic nitrogens is 2. The number of hydrogen-bond donors (Lipinski definition) is 3. The molecule has 2 aromatic heterocycles. The molecular formula is C36H42BrN5O9. The number of pyridine rings is 2. The maximum Gasteiger partial charge on any atom is 0.408 e. The fourth-order valence-corrected chi connectivity index (χ4v) is 6.36. The third-order valence-corrected chi connectivity index (χ3v) is 9.12. The molecule has 2 atom stereocenters. The van der Waals surface area contributed by atoms with Crippen LogP contribution in [0.2, 0.25) is 0 Å². The van der Waals surface area contributed by atoms with Crippen molar-refractivity contribution in [3.05, 3.63) is 61.8 Å². The molecule has 0 fully saturated rings. The fraction of sp³-hybridized carbons (Fsp3) is 0.472. The molecule has 0 bridgehead atoms. The summed E-state index contributed by atoms with van der Waals surface area (Å²) in [5.41, 5.74) is 1.25. The van der Waals surface area contributed by atoms with Gasteiger partial charge in [-0.15, -0.1) is 0 Å². The molecule has 2 aliphatic heterocycles. The van der Waals surface area contributed by atoms with Crippen LogP contribution in [0.4, 0.5) is 4.79 Å². The molecule has 3 amide bonds. The second-order valence-electron chi connectivity index (χ2n) is 14.8. The molecule has 3 N–H and O–H groups in total. The van der Waals surface area contributed by atoms with Gasteiger partial charge in [0.05, 0.1) is 42.0 Å². The highest BCUT2D eigenvalue weighted by molar-refractivity contribution is 9.10. The molecule has 272 valence electrons. The maximum absolute atomic E-state index is 13.6. The number of nitrogens with one attached hydrogen (secondary N) is 3. The Kier molecular flexibility index (Phi) is 10.6. The Balaban J connectivity index is 1.20. The van der Waals surface area contributed by atoms with Crippen molar-refractivity contribution in [1.82, 2.24) is 25.5 Å². The lowest BCUT2D eigenvalue weighted by Gasteiger charge is -2.28. The van der Waals surface area contributed by atoms with Gasteiger partial charge in [0.15, 0.2) is 0 Å². The summed E-state index contributed by atoms with van der Waals surface area (Å²) in [6.07, 6.45) is -2.40. The molecule has 4 heterocycles. The Morgan fingerprint density at radius 2 is 1.80 bits per heavy atom. The number of rotatable bonds is 10. The van der Waals surface area contributed by atoms with Crippen LogP contribution in [-0.4, -0.2) is 64.1 Å². The van der Waals surface area contributed by atoms with Gasteiger partial charge >= 0.3 is 18.0 Å². The minimum atomic E-state index is -1.46. The van der Waals surface area contributed by atoms with Crippen molar-refractivity contribution in [2.75, 3.05) is 13.1 Å². The lowest BCUT2D eigenvalue weighted by Crippen LogP contribution is -2.52. The van der Waals surface area contributed by atoms with Gasteiger partial charge in [-0.05, 0) is 56.4 Å².